The van der Waals surface area contributed by atoms with Crippen LogP contribution in [0.5, 0.6) is 0 Å². The summed E-state index contributed by atoms with van der Waals surface area (Å²) in [6.45, 7) is 0. The molecule has 0 spiro atoms. The average Bonchev–Trinajstić information content (AvgIpc) is 2.78. The molecule has 0 saturated heterocycles. The summed E-state index contributed by atoms with van der Waals surface area (Å²) in [5.41, 5.74) is 1.57. The Morgan fingerprint density at radius 1 is 0.968 bits per heavy atom. The second kappa shape index (κ2) is 9.23. The maximum absolute atomic E-state index is 12.8. The maximum Gasteiger partial charge on any atom is 0.269 e. The molecule has 0 bridgehead atoms. The van der Waals surface area contributed by atoms with Crippen molar-refractivity contribution in [2.45, 2.75) is 4.90 Å². The Morgan fingerprint density at radius 3 is 2.16 bits per heavy atom. The Hall–Kier alpha value is -3.98. The van der Waals surface area contributed by atoms with Crippen LogP contribution in [-0.2, 0) is 14.8 Å². The Kier molecular flexibility index (Phi) is 6.46. The molecule has 0 aromatic heterocycles. The predicted molar refractivity (Wildman–Crippen MR) is 119 cm³/mol. The van der Waals surface area contributed by atoms with Crippen LogP contribution in [0.4, 0.5) is 17.1 Å². The minimum absolute atomic E-state index is 0.0328. The molecule has 0 fully saturated rings. The summed E-state index contributed by atoms with van der Waals surface area (Å²) in [6.07, 6.45) is 2.81. The van der Waals surface area contributed by atoms with Gasteiger partial charge >= 0.3 is 0 Å². The molecule has 0 heterocycles. The number of nitrogens with zero attached hydrogens (tertiary/aromatic N) is 2. The van der Waals surface area contributed by atoms with Gasteiger partial charge in [0.2, 0.25) is 5.91 Å². The number of hydrogen-bond donors (Lipinski definition) is 1. The highest BCUT2D eigenvalue weighted by atomic mass is 32.2. The van der Waals surface area contributed by atoms with Gasteiger partial charge in [-0.05, 0) is 60.2 Å². The maximum atomic E-state index is 12.8. The van der Waals surface area contributed by atoms with Crippen LogP contribution in [0.15, 0.2) is 89.8 Å². The van der Waals surface area contributed by atoms with Crippen molar-refractivity contribution in [3.05, 3.63) is 101 Å². The number of carbonyl (C=O) groups is 1. The highest BCUT2D eigenvalue weighted by Crippen LogP contribution is 2.23. The summed E-state index contributed by atoms with van der Waals surface area (Å²) in [4.78, 5) is 22.4. The first-order valence-corrected chi connectivity index (χ1v) is 10.6. The Bertz CT molecular complexity index is 1210. The van der Waals surface area contributed by atoms with Gasteiger partial charge in [0.1, 0.15) is 0 Å². The Balaban J connectivity index is 1.66. The van der Waals surface area contributed by atoms with E-state index in [-0.39, 0.29) is 10.6 Å². The molecule has 1 amide bonds. The Labute approximate surface area is 179 Å². The minimum Gasteiger partial charge on any atom is -0.323 e. The molecular weight excluding hydrogens is 418 g/mol. The second-order valence-electron chi connectivity index (χ2n) is 6.50. The van der Waals surface area contributed by atoms with E-state index < -0.39 is 20.9 Å². The van der Waals surface area contributed by atoms with Crippen molar-refractivity contribution in [2.24, 2.45) is 0 Å². The van der Waals surface area contributed by atoms with Crippen molar-refractivity contribution < 1.29 is 18.1 Å². The molecule has 9 heteroatoms. The molecule has 1 N–H and O–H groups in total. The van der Waals surface area contributed by atoms with E-state index in [1.54, 1.807) is 30.3 Å². The molecule has 8 nitrogen and oxygen atoms in total. The largest absolute Gasteiger partial charge is 0.323 e. The number of amides is 1. The lowest BCUT2D eigenvalue weighted by atomic mass is 10.2. The van der Waals surface area contributed by atoms with Gasteiger partial charge in [-0.3, -0.25) is 19.2 Å². The summed E-state index contributed by atoms with van der Waals surface area (Å²) >= 11 is 0. The van der Waals surface area contributed by atoms with E-state index in [2.05, 4.69) is 5.32 Å². The third-order valence-corrected chi connectivity index (χ3v) is 6.23. The lowest BCUT2D eigenvalue weighted by molar-refractivity contribution is -0.384. The van der Waals surface area contributed by atoms with E-state index in [0.717, 1.165) is 0 Å². The number of rotatable bonds is 7. The number of para-hydroxylation sites is 1. The van der Waals surface area contributed by atoms with Crippen molar-refractivity contribution >= 4 is 39.1 Å². The van der Waals surface area contributed by atoms with Crippen LogP contribution in [-0.4, -0.2) is 26.3 Å². The summed E-state index contributed by atoms with van der Waals surface area (Å²) in [5.74, 6) is -0.421. The molecule has 0 aliphatic carbocycles. The van der Waals surface area contributed by atoms with Crippen molar-refractivity contribution in [3.8, 4) is 0 Å². The average molecular weight is 437 g/mol. The first-order valence-electron chi connectivity index (χ1n) is 9.15. The first kappa shape index (κ1) is 21.7. The number of carbonyl (C=O) groups excluding carboxylic acids is 1. The fraction of sp³-hybridized carbons (Fsp3) is 0.0455. The van der Waals surface area contributed by atoms with Crippen LogP contribution in [0.1, 0.15) is 5.56 Å². The van der Waals surface area contributed by atoms with Gasteiger partial charge in [0.15, 0.2) is 0 Å². The van der Waals surface area contributed by atoms with Gasteiger partial charge in [-0.25, -0.2) is 8.42 Å². The van der Waals surface area contributed by atoms with Crippen LogP contribution in [0, 0.1) is 10.1 Å². The number of hydrogen-bond acceptors (Lipinski definition) is 5. The molecule has 0 aliphatic rings. The van der Waals surface area contributed by atoms with Gasteiger partial charge in [0, 0.05) is 30.9 Å². The SMILES string of the molecule is CN(c1ccccc1)S(=O)(=O)c1ccc(NC(=O)/C=C/c2ccc([N+](=O)[O-])cc2)cc1. The zero-order valence-corrected chi connectivity index (χ0v) is 17.3. The van der Waals surface area contributed by atoms with E-state index in [9.17, 15) is 23.3 Å². The number of nitrogens with one attached hydrogen (secondary N) is 1. The molecule has 3 rings (SSSR count). The number of nitro groups is 1. The highest BCUT2D eigenvalue weighted by Gasteiger charge is 2.21. The Morgan fingerprint density at radius 2 is 1.58 bits per heavy atom. The lowest BCUT2D eigenvalue weighted by Crippen LogP contribution is -2.26. The topological polar surface area (TPSA) is 110 Å². The summed E-state index contributed by atoms with van der Waals surface area (Å²) < 4.78 is 26.7. The molecule has 0 radical (unpaired) electrons. The fourth-order valence-electron chi connectivity index (χ4n) is 2.71. The van der Waals surface area contributed by atoms with E-state index in [4.69, 9.17) is 0 Å². The van der Waals surface area contributed by atoms with Crippen LogP contribution < -0.4 is 9.62 Å². The van der Waals surface area contributed by atoms with E-state index in [1.807, 2.05) is 0 Å². The van der Waals surface area contributed by atoms with E-state index >= 15 is 0 Å². The first-order chi connectivity index (χ1) is 14.8. The van der Waals surface area contributed by atoms with E-state index in [1.165, 1.54) is 72.0 Å². The van der Waals surface area contributed by atoms with Gasteiger partial charge in [0.25, 0.3) is 15.7 Å². The molecular formula is C22H19N3O5S. The molecule has 0 saturated carbocycles. The minimum atomic E-state index is -3.73. The van der Waals surface area contributed by atoms with Crippen LogP contribution in [0.2, 0.25) is 0 Å². The number of sulfonamides is 1. The fourth-order valence-corrected chi connectivity index (χ4v) is 3.90. The van der Waals surface area contributed by atoms with Gasteiger partial charge in [-0.2, -0.15) is 0 Å². The molecule has 158 valence electrons. The van der Waals surface area contributed by atoms with Gasteiger partial charge in [-0.15, -0.1) is 0 Å². The zero-order valence-electron chi connectivity index (χ0n) is 16.5. The van der Waals surface area contributed by atoms with Crippen molar-refractivity contribution in [1.29, 1.82) is 0 Å². The third-order valence-electron chi connectivity index (χ3n) is 4.43. The zero-order chi connectivity index (χ0) is 22.4. The smallest absolute Gasteiger partial charge is 0.269 e. The molecule has 3 aromatic carbocycles. The van der Waals surface area contributed by atoms with Gasteiger partial charge < -0.3 is 5.32 Å². The molecule has 3 aromatic rings. The molecule has 0 atom stereocenters. The summed E-state index contributed by atoms with van der Waals surface area (Å²) in [6, 6.07) is 20.3. The number of anilines is 2. The second-order valence-corrected chi connectivity index (χ2v) is 8.47. The molecule has 0 unspecified atom stereocenters. The monoisotopic (exact) mass is 437 g/mol. The van der Waals surface area contributed by atoms with Gasteiger partial charge in [0.05, 0.1) is 15.5 Å². The van der Waals surface area contributed by atoms with Crippen molar-refractivity contribution in [1.82, 2.24) is 0 Å². The standard InChI is InChI=1S/C22H19N3O5S/c1-24(19-5-3-2-4-6-19)31(29,30)21-14-10-18(11-15-21)23-22(26)16-9-17-7-12-20(13-8-17)25(27)28/h2-16H,1H3,(H,23,26)/b16-9+. The number of non-ortho nitro benzene ring substituents is 1. The highest BCUT2D eigenvalue weighted by molar-refractivity contribution is 7.92. The summed E-state index contributed by atoms with van der Waals surface area (Å²) in [5, 5.41) is 13.3. The van der Waals surface area contributed by atoms with Crippen LogP contribution in [0.25, 0.3) is 6.08 Å². The number of benzene rings is 3. The molecule has 0 aliphatic heterocycles. The van der Waals surface area contributed by atoms with Crippen LogP contribution >= 0.6 is 0 Å². The third kappa shape index (κ3) is 5.34. The molecule has 31 heavy (non-hydrogen) atoms. The lowest BCUT2D eigenvalue weighted by Gasteiger charge is -2.19. The van der Waals surface area contributed by atoms with Gasteiger partial charge in [-0.1, -0.05) is 18.2 Å². The van der Waals surface area contributed by atoms with Crippen molar-refractivity contribution in [3.63, 3.8) is 0 Å². The van der Waals surface area contributed by atoms with Crippen LogP contribution in [0.3, 0.4) is 0 Å². The number of nitro benzene ring substituents is 1. The normalized spacial score (nSPS) is 11.3. The summed E-state index contributed by atoms with van der Waals surface area (Å²) in [7, 11) is -2.26. The quantitative estimate of drug-likeness (QED) is 0.340. The predicted octanol–water partition coefficient (Wildman–Crippen LogP) is 4.07. The van der Waals surface area contributed by atoms with Crippen molar-refractivity contribution in [2.75, 3.05) is 16.7 Å². The van der Waals surface area contributed by atoms with E-state index in [0.29, 0.717) is 16.9 Å².